The Morgan fingerprint density at radius 3 is 2.11 bits per heavy atom. The maximum Gasteiger partial charge on any atom is 0.142 e. The highest BCUT2D eigenvalue weighted by molar-refractivity contribution is 6.36. The number of alkyl halides is 1. The van der Waals surface area contributed by atoms with Crippen molar-refractivity contribution in [3.05, 3.63) is 68.2 Å². The van der Waals surface area contributed by atoms with Gasteiger partial charge in [-0.15, -0.1) is 11.6 Å². The van der Waals surface area contributed by atoms with E-state index >= 15 is 0 Å². The molecule has 0 fully saturated rings. The third-order valence-corrected chi connectivity index (χ3v) is 3.87. The van der Waals surface area contributed by atoms with E-state index in [1.165, 1.54) is 6.07 Å². The predicted octanol–water partition coefficient (Wildman–Crippen LogP) is 6.25. The summed E-state index contributed by atoms with van der Waals surface area (Å²) >= 11 is 23.4. The van der Waals surface area contributed by atoms with Gasteiger partial charge in [-0.25, -0.2) is 8.78 Å². The van der Waals surface area contributed by atoms with Gasteiger partial charge in [0.2, 0.25) is 0 Å². The van der Waals surface area contributed by atoms with Gasteiger partial charge in [0.05, 0.1) is 10.4 Å². The lowest BCUT2D eigenvalue weighted by molar-refractivity contribution is 0.587. The first-order valence-corrected chi connectivity index (χ1v) is 6.70. The van der Waals surface area contributed by atoms with Gasteiger partial charge in [-0.1, -0.05) is 40.9 Å². The summed E-state index contributed by atoms with van der Waals surface area (Å²) in [6.07, 6.45) is 0. The van der Waals surface area contributed by atoms with Crippen molar-refractivity contribution >= 4 is 46.4 Å². The quantitative estimate of drug-likeness (QED) is 0.447. The first-order chi connectivity index (χ1) is 8.90. The Bertz CT molecular complexity index is 628. The van der Waals surface area contributed by atoms with E-state index in [0.29, 0.717) is 10.6 Å². The van der Waals surface area contributed by atoms with Gasteiger partial charge < -0.3 is 0 Å². The number of hydrogen-bond donors (Lipinski definition) is 0. The number of rotatable bonds is 2. The van der Waals surface area contributed by atoms with Crippen LogP contribution >= 0.6 is 46.4 Å². The Kier molecular flexibility index (Phi) is 4.57. The first-order valence-electron chi connectivity index (χ1n) is 5.13. The van der Waals surface area contributed by atoms with Gasteiger partial charge in [-0.3, -0.25) is 0 Å². The number of benzene rings is 2. The van der Waals surface area contributed by atoms with Crippen molar-refractivity contribution in [2.24, 2.45) is 0 Å². The van der Waals surface area contributed by atoms with Crippen molar-refractivity contribution in [1.29, 1.82) is 0 Å². The molecule has 0 aliphatic rings. The SMILES string of the molecule is Fc1cc(C(Cl)c2ccc(Cl)cc2Cl)c(F)cc1Cl. The molecule has 0 spiro atoms. The molecule has 0 saturated carbocycles. The fourth-order valence-electron chi connectivity index (χ4n) is 1.61. The second-order valence-corrected chi connectivity index (χ2v) is 5.50. The van der Waals surface area contributed by atoms with Gasteiger partial charge >= 0.3 is 0 Å². The van der Waals surface area contributed by atoms with E-state index in [9.17, 15) is 8.78 Å². The fraction of sp³-hybridized carbons (Fsp3) is 0.0769. The molecular weight excluding hydrogens is 336 g/mol. The molecule has 0 amide bonds. The van der Waals surface area contributed by atoms with Gasteiger partial charge in [-0.05, 0) is 29.8 Å². The summed E-state index contributed by atoms with van der Waals surface area (Å²) in [4.78, 5) is 0. The third-order valence-electron chi connectivity index (χ3n) is 2.55. The van der Waals surface area contributed by atoms with Crippen molar-refractivity contribution in [2.75, 3.05) is 0 Å². The highest BCUT2D eigenvalue weighted by Crippen LogP contribution is 2.37. The van der Waals surface area contributed by atoms with E-state index in [1.807, 2.05) is 0 Å². The zero-order chi connectivity index (χ0) is 14.2. The molecule has 6 heteroatoms. The molecule has 0 N–H and O–H groups in total. The third kappa shape index (κ3) is 3.14. The lowest BCUT2D eigenvalue weighted by atomic mass is 10.0. The topological polar surface area (TPSA) is 0 Å². The van der Waals surface area contributed by atoms with Gasteiger partial charge in [0.1, 0.15) is 11.6 Å². The van der Waals surface area contributed by atoms with Gasteiger partial charge in [0, 0.05) is 15.6 Å². The average molecular weight is 342 g/mol. The maximum atomic E-state index is 13.8. The molecule has 0 heterocycles. The molecular formula is C13H6Cl4F2. The van der Waals surface area contributed by atoms with E-state index in [2.05, 4.69) is 0 Å². The molecule has 0 bridgehead atoms. The van der Waals surface area contributed by atoms with E-state index < -0.39 is 17.0 Å². The number of hydrogen-bond acceptors (Lipinski definition) is 0. The highest BCUT2D eigenvalue weighted by atomic mass is 35.5. The zero-order valence-electron chi connectivity index (χ0n) is 9.23. The molecule has 0 saturated heterocycles. The van der Waals surface area contributed by atoms with Crippen LogP contribution in [0.4, 0.5) is 8.78 Å². The van der Waals surface area contributed by atoms with E-state index in [0.717, 1.165) is 12.1 Å². The Balaban J connectivity index is 2.49. The van der Waals surface area contributed by atoms with Crippen LogP contribution in [0.25, 0.3) is 0 Å². The lowest BCUT2D eigenvalue weighted by Gasteiger charge is -2.14. The van der Waals surface area contributed by atoms with Crippen molar-refractivity contribution < 1.29 is 8.78 Å². The normalized spacial score (nSPS) is 12.5. The molecule has 100 valence electrons. The summed E-state index contributed by atoms with van der Waals surface area (Å²) < 4.78 is 27.2. The summed E-state index contributed by atoms with van der Waals surface area (Å²) in [5.41, 5.74) is 0.404. The molecule has 1 atom stereocenters. The van der Waals surface area contributed by atoms with Gasteiger partial charge in [0.15, 0.2) is 0 Å². The van der Waals surface area contributed by atoms with Crippen LogP contribution in [0, 0.1) is 11.6 Å². The van der Waals surface area contributed by atoms with Gasteiger partial charge in [0.25, 0.3) is 0 Å². The Hall–Kier alpha value is -0.540. The van der Waals surface area contributed by atoms with Crippen LogP contribution in [0.1, 0.15) is 16.5 Å². The van der Waals surface area contributed by atoms with Crippen molar-refractivity contribution in [3.63, 3.8) is 0 Å². The molecule has 0 aromatic heterocycles. The molecule has 1 unspecified atom stereocenters. The van der Waals surface area contributed by atoms with Crippen LogP contribution in [0.2, 0.25) is 15.1 Å². The zero-order valence-corrected chi connectivity index (χ0v) is 12.3. The van der Waals surface area contributed by atoms with Crippen molar-refractivity contribution in [1.82, 2.24) is 0 Å². The minimum Gasteiger partial charge on any atom is -0.207 e. The molecule has 0 radical (unpaired) electrons. The van der Waals surface area contributed by atoms with Crippen LogP contribution in [0.3, 0.4) is 0 Å². The minimum absolute atomic E-state index is 0.0345. The predicted molar refractivity (Wildman–Crippen MR) is 75.5 cm³/mol. The summed E-state index contributed by atoms with van der Waals surface area (Å²) in [7, 11) is 0. The van der Waals surface area contributed by atoms with E-state index in [-0.39, 0.29) is 15.6 Å². The van der Waals surface area contributed by atoms with Gasteiger partial charge in [-0.2, -0.15) is 0 Å². The van der Waals surface area contributed by atoms with Crippen LogP contribution in [-0.2, 0) is 0 Å². The molecule has 2 rings (SSSR count). The van der Waals surface area contributed by atoms with E-state index in [1.54, 1.807) is 12.1 Å². The largest absolute Gasteiger partial charge is 0.207 e. The van der Waals surface area contributed by atoms with Crippen LogP contribution < -0.4 is 0 Å². The first kappa shape index (κ1) is 14.9. The second-order valence-electron chi connectivity index (χ2n) is 3.82. The molecule has 2 aromatic rings. The van der Waals surface area contributed by atoms with Crippen LogP contribution in [-0.4, -0.2) is 0 Å². The summed E-state index contributed by atoms with van der Waals surface area (Å²) in [6, 6.07) is 6.46. The summed E-state index contributed by atoms with van der Waals surface area (Å²) in [6.45, 7) is 0. The Morgan fingerprint density at radius 1 is 0.789 bits per heavy atom. The lowest BCUT2D eigenvalue weighted by Crippen LogP contribution is -1.99. The van der Waals surface area contributed by atoms with Crippen molar-refractivity contribution in [2.45, 2.75) is 5.38 Å². The summed E-state index contributed by atoms with van der Waals surface area (Å²) in [5.74, 6) is -1.44. The monoisotopic (exact) mass is 340 g/mol. The average Bonchev–Trinajstić information content (AvgIpc) is 2.33. The molecule has 19 heavy (non-hydrogen) atoms. The summed E-state index contributed by atoms with van der Waals surface area (Å²) in [5, 5.41) is -0.522. The van der Waals surface area contributed by atoms with Crippen LogP contribution in [0.15, 0.2) is 30.3 Å². The molecule has 0 aliphatic carbocycles. The maximum absolute atomic E-state index is 13.8. The van der Waals surface area contributed by atoms with E-state index in [4.69, 9.17) is 46.4 Å². The molecule has 0 nitrogen and oxygen atoms in total. The van der Waals surface area contributed by atoms with Crippen molar-refractivity contribution in [3.8, 4) is 0 Å². The van der Waals surface area contributed by atoms with Crippen LogP contribution in [0.5, 0.6) is 0 Å². The second kappa shape index (κ2) is 5.84. The highest BCUT2D eigenvalue weighted by Gasteiger charge is 2.20. The minimum atomic E-state index is -0.934. The number of halogens is 6. The standard InChI is InChI=1S/C13H6Cl4F2/c14-6-1-2-7(9(15)3-6)13(17)8-4-12(19)10(16)5-11(8)18/h1-5,13H. The smallest absolute Gasteiger partial charge is 0.142 e. The Morgan fingerprint density at radius 2 is 1.47 bits per heavy atom. The molecule has 0 aliphatic heterocycles. The Labute approximate surface area is 128 Å². The molecule has 2 aromatic carbocycles. The fourth-order valence-corrected chi connectivity index (χ4v) is 2.69.